The van der Waals surface area contributed by atoms with Crippen LogP contribution in [0.3, 0.4) is 0 Å². The normalized spacial score (nSPS) is 14.3. The molecule has 2 aromatic rings. The van der Waals surface area contributed by atoms with Crippen LogP contribution in [0.2, 0.25) is 0 Å². The first-order valence-electron chi connectivity index (χ1n) is 12.0. The Labute approximate surface area is 207 Å². The number of carbonyl (C=O) groups excluding carboxylic acids is 1. The number of anilines is 3. The average Bonchev–Trinajstić information content (AvgIpc) is 2.87. The van der Waals surface area contributed by atoms with Gasteiger partial charge in [-0.3, -0.25) is 4.79 Å². The number of amides is 1. The number of hydrogen-bond acceptors (Lipinski definition) is 6. The fraction of sp³-hybridized carbons (Fsp3) is 0.393. The molecule has 35 heavy (non-hydrogen) atoms. The van der Waals surface area contributed by atoms with Gasteiger partial charge >= 0.3 is 0 Å². The van der Waals surface area contributed by atoms with Crippen molar-refractivity contribution in [2.75, 3.05) is 16.8 Å². The smallest absolute Gasteiger partial charge is 0.260 e. The molecule has 188 valence electrons. The molecule has 0 aliphatic carbocycles. The van der Waals surface area contributed by atoms with Crippen LogP contribution in [0, 0.1) is 0 Å². The standard InChI is InChI=1S/C28H36N2O5/c1-18(10-7-14-28(3,4)35)8-5-9-19(2)13-15-30-22-16-20(31)17-24(33)26(22)29-25-21(27(30)34)11-6-12-23(25)32/h6,8,11-13,16-17,29,31-33,35H,5,7,9-10,14-15H2,1-4H3. The molecule has 1 amide bonds. The summed E-state index contributed by atoms with van der Waals surface area (Å²) in [6, 6.07) is 7.29. The SMILES string of the molecule is CC(=CCN1C(=O)c2cccc(O)c2Nc2c(O)cc(O)cc21)CCC=C(C)CCCC(C)(C)O. The van der Waals surface area contributed by atoms with Gasteiger partial charge in [0.15, 0.2) is 0 Å². The predicted octanol–water partition coefficient (Wildman–Crippen LogP) is 6.12. The summed E-state index contributed by atoms with van der Waals surface area (Å²) >= 11 is 0. The van der Waals surface area contributed by atoms with E-state index in [-0.39, 0.29) is 46.6 Å². The molecule has 3 rings (SSSR count). The number of phenolic OH excluding ortho intramolecular Hbond substituents is 3. The van der Waals surface area contributed by atoms with Gasteiger partial charge in [0.05, 0.1) is 22.5 Å². The summed E-state index contributed by atoms with van der Waals surface area (Å²) in [5, 5.41) is 43.7. The van der Waals surface area contributed by atoms with Crippen LogP contribution in [0.4, 0.5) is 17.1 Å². The molecule has 1 heterocycles. The highest BCUT2D eigenvalue weighted by Gasteiger charge is 2.29. The lowest BCUT2D eigenvalue weighted by Crippen LogP contribution is -2.30. The predicted molar refractivity (Wildman–Crippen MR) is 140 cm³/mol. The van der Waals surface area contributed by atoms with Gasteiger partial charge in [-0.2, -0.15) is 0 Å². The van der Waals surface area contributed by atoms with Crippen LogP contribution in [0.25, 0.3) is 0 Å². The summed E-state index contributed by atoms with van der Waals surface area (Å²) in [6.45, 7) is 8.01. The van der Waals surface area contributed by atoms with Gasteiger partial charge in [0, 0.05) is 18.7 Å². The maximum Gasteiger partial charge on any atom is 0.260 e. The molecule has 7 heteroatoms. The molecule has 0 aromatic heterocycles. The van der Waals surface area contributed by atoms with Crippen molar-refractivity contribution in [1.82, 2.24) is 0 Å². The van der Waals surface area contributed by atoms with Crippen LogP contribution in [-0.2, 0) is 0 Å². The molecule has 0 saturated heterocycles. The topological polar surface area (TPSA) is 113 Å². The molecule has 0 radical (unpaired) electrons. The van der Waals surface area contributed by atoms with E-state index in [9.17, 15) is 25.2 Å². The van der Waals surface area contributed by atoms with Crippen molar-refractivity contribution >= 4 is 23.0 Å². The second-order valence-electron chi connectivity index (χ2n) is 9.91. The fourth-order valence-corrected chi connectivity index (χ4v) is 4.15. The molecule has 1 aliphatic rings. The molecule has 0 unspecified atom stereocenters. The monoisotopic (exact) mass is 480 g/mol. The molecule has 0 bridgehead atoms. The van der Waals surface area contributed by atoms with Gasteiger partial charge in [0.25, 0.3) is 5.91 Å². The average molecular weight is 481 g/mol. The minimum Gasteiger partial charge on any atom is -0.508 e. The van der Waals surface area contributed by atoms with E-state index in [1.165, 1.54) is 28.7 Å². The van der Waals surface area contributed by atoms with Crippen LogP contribution in [-0.4, -0.2) is 38.5 Å². The van der Waals surface area contributed by atoms with Crippen molar-refractivity contribution < 1.29 is 25.2 Å². The van der Waals surface area contributed by atoms with Gasteiger partial charge in [0.2, 0.25) is 0 Å². The number of hydrogen-bond donors (Lipinski definition) is 5. The number of para-hydroxylation sites is 1. The van der Waals surface area contributed by atoms with Gasteiger partial charge in [-0.1, -0.05) is 29.4 Å². The van der Waals surface area contributed by atoms with Crippen LogP contribution >= 0.6 is 0 Å². The molecule has 0 spiro atoms. The zero-order chi connectivity index (χ0) is 25.8. The summed E-state index contributed by atoms with van der Waals surface area (Å²) < 4.78 is 0. The van der Waals surface area contributed by atoms with Gasteiger partial charge < -0.3 is 30.6 Å². The maximum absolute atomic E-state index is 13.4. The van der Waals surface area contributed by atoms with E-state index in [0.29, 0.717) is 5.69 Å². The lowest BCUT2D eigenvalue weighted by atomic mass is 9.99. The van der Waals surface area contributed by atoms with Crippen LogP contribution < -0.4 is 10.2 Å². The molecule has 7 nitrogen and oxygen atoms in total. The Morgan fingerprint density at radius 3 is 2.43 bits per heavy atom. The third-order valence-electron chi connectivity index (χ3n) is 6.15. The Hall–Kier alpha value is -3.45. The first-order valence-corrected chi connectivity index (χ1v) is 12.0. The molecule has 1 aliphatic heterocycles. The van der Waals surface area contributed by atoms with E-state index in [1.807, 2.05) is 26.8 Å². The third-order valence-corrected chi connectivity index (χ3v) is 6.15. The molecular formula is C28H36N2O5. The van der Waals surface area contributed by atoms with E-state index in [4.69, 9.17) is 0 Å². The Morgan fingerprint density at radius 2 is 1.71 bits per heavy atom. The van der Waals surface area contributed by atoms with Crippen molar-refractivity contribution in [2.45, 2.75) is 65.4 Å². The van der Waals surface area contributed by atoms with Crippen molar-refractivity contribution in [1.29, 1.82) is 0 Å². The molecule has 2 aromatic carbocycles. The maximum atomic E-state index is 13.4. The zero-order valence-corrected chi connectivity index (χ0v) is 20.9. The van der Waals surface area contributed by atoms with Crippen LogP contribution in [0.15, 0.2) is 53.6 Å². The highest BCUT2D eigenvalue weighted by Crippen LogP contribution is 2.45. The van der Waals surface area contributed by atoms with Gasteiger partial charge in [-0.25, -0.2) is 0 Å². The molecule has 5 N–H and O–H groups in total. The Bertz CT molecular complexity index is 1140. The summed E-state index contributed by atoms with van der Waals surface area (Å²) in [5.41, 5.74) is 2.83. The Balaban J connectivity index is 1.75. The summed E-state index contributed by atoms with van der Waals surface area (Å²) in [7, 11) is 0. The molecule has 0 saturated carbocycles. The van der Waals surface area contributed by atoms with E-state index in [1.54, 1.807) is 12.1 Å². The minimum atomic E-state index is -0.634. The Morgan fingerprint density at radius 1 is 1.00 bits per heavy atom. The first kappa shape index (κ1) is 26.2. The largest absolute Gasteiger partial charge is 0.508 e. The molecule has 0 fully saturated rings. The lowest BCUT2D eigenvalue weighted by molar-refractivity contribution is 0.0689. The van der Waals surface area contributed by atoms with Crippen LogP contribution in [0.1, 0.15) is 70.2 Å². The molecule has 0 atom stereocenters. The number of carbonyl (C=O) groups is 1. The first-order chi connectivity index (χ1) is 16.5. The van der Waals surface area contributed by atoms with Gasteiger partial charge in [0.1, 0.15) is 22.9 Å². The number of nitrogens with zero attached hydrogens (tertiary/aromatic N) is 1. The van der Waals surface area contributed by atoms with E-state index < -0.39 is 5.60 Å². The molecular weight excluding hydrogens is 444 g/mol. The number of allylic oxidation sites excluding steroid dienone is 3. The number of rotatable bonds is 9. The van der Waals surface area contributed by atoms with Crippen molar-refractivity contribution in [3.8, 4) is 17.2 Å². The number of phenols is 3. The minimum absolute atomic E-state index is 0.104. The summed E-state index contributed by atoms with van der Waals surface area (Å²) in [6.07, 6.45) is 8.56. The number of aliphatic hydroxyl groups is 1. The van der Waals surface area contributed by atoms with Gasteiger partial charge in [-0.15, -0.1) is 0 Å². The van der Waals surface area contributed by atoms with E-state index in [2.05, 4.69) is 18.3 Å². The van der Waals surface area contributed by atoms with Crippen molar-refractivity contribution in [3.63, 3.8) is 0 Å². The number of nitrogens with one attached hydrogen (secondary N) is 1. The number of benzene rings is 2. The van der Waals surface area contributed by atoms with E-state index >= 15 is 0 Å². The highest BCUT2D eigenvalue weighted by atomic mass is 16.3. The third kappa shape index (κ3) is 6.79. The fourth-order valence-electron chi connectivity index (χ4n) is 4.15. The number of aromatic hydroxyl groups is 3. The van der Waals surface area contributed by atoms with Crippen LogP contribution in [0.5, 0.6) is 17.2 Å². The quantitative estimate of drug-likeness (QED) is 0.168. The highest BCUT2D eigenvalue weighted by molar-refractivity contribution is 6.15. The Kier molecular flexibility index (Phi) is 8.12. The summed E-state index contributed by atoms with van der Waals surface area (Å²) in [4.78, 5) is 14.9. The second kappa shape index (κ2) is 10.9. The lowest BCUT2D eigenvalue weighted by Gasteiger charge is -2.22. The van der Waals surface area contributed by atoms with Crippen molar-refractivity contribution in [3.05, 3.63) is 59.2 Å². The summed E-state index contributed by atoms with van der Waals surface area (Å²) in [5.74, 6) is -0.840. The number of fused-ring (bicyclic) bond motifs is 2. The van der Waals surface area contributed by atoms with Crippen molar-refractivity contribution in [2.24, 2.45) is 0 Å². The zero-order valence-electron chi connectivity index (χ0n) is 20.9. The van der Waals surface area contributed by atoms with Gasteiger partial charge in [-0.05, 0) is 71.9 Å². The van der Waals surface area contributed by atoms with E-state index in [0.717, 1.165) is 37.7 Å². The second-order valence-corrected chi connectivity index (χ2v) is 9.91.